The third-order valence-corrected chi connectivity index (χ3v) is 8.12. The van der Waals surface area contributed by atoms with Crippen molar-refractivity contribution in [2.75, 3.05) is 6.61 Å². The zero-order valence-electron chi connectivity index (χ0n) is 30.1. The summed E-state index contributed by atoms with van der Waals surface area (Å²) < 4.78 is 0. The maximum absolute atomic E-state index is 12.3. The number of amides is 1. The molecule has 2 atom stereocenters. The van der Waals surface area contributed by atoms with E-state index in [1.165, 1.54) is 83.5 Å². The van der Waals surface area contributed by atoms with Crippen LogP contribution in [0.15, 0.2) is 72.9 Å². The molecule has 0 spiro atoms. The van der Waals surface area contributed by atoms with Gasteiger partial charge in [0, 0.05) is 6.42 Å². The molecule has 0 bridgehead atoms. The van der Waals surface area contributed by atoms with Crippen molar-refractivity contribution in [2.24, 2.45) is 0 Å². The van der Waals surface area contributed by atoms with E-state index >= 15 is 0 Å². The van der Waals surface area contributed by atoms with Crippen LogP contribution in [-0.2, 0) is 4.79 Å². The Morgan fingerprint density at radius 2 is 0.957 bits per heavy atom. The standard InChI is InChI=1S/C42H73NO3/c1-3-5-7-9-11-13-15-16-17-18-19-20-21-22-23-24-25-26-28-30-32-34-36-38-42(46)43-40(39-44)41(45)37-35-33-31-29-27-14-12-10-8-6-4-2/h8,10,15-16,18-19,21-22,27,29,35,37,40-41,44-45H,3-7,9,11-14,17,20,23-26,28,30-34,36,38-39H2,1-2H3,(H,43,46)/b10-8+,16-15-,19-18-,22-21-,29-27+,37-35+. The molecule has 4 heteroatoms. The van der Waals surface area contributed by atoms with Crippen molar-refractivity contribution >= 4 is 5.91 Å². The first-order valence-corrected chi connectivity index (χ1v) is 19.2. The van der Waals surface area contributed by atoms with E-state index in [1.807, 2.05) is 6.08 Å². The van der Waals surface area contributed by atoms with Crippen molar-refractivity contribution in [1.29, 1.82) is 0 Å². The largest absolute Gasteiger partial charge is 0.394 e. The van der Waals surface area contributed by atoms with Crippen LogP contribution in [0.2, 0.25) is 0 Å². The number of aliphatic hydroxyl groups is 2. The van der Waals surface area contributed by atoms with Gasteiger partial charge in [0.05, 0.1) is 18.8 Å². The number of rotatable bonds is 33. The zero-order chi connectivity index (χ0) is 33.6. The molecule has 0 saturated carbocycles. The number of unbranched alkanes of at least 4 members (excludes halogenated alkanes) is 16. The first kappa shape index (κ1) is 43.8. The van der Waals surface area contributed by atoms with Crippen LogP contribution < -0.4 is 5.32 Å². The van der Waals surface area contributed by atoms with Crippen molar-refractivity contribution in [3.63, 3.8) is 0 Å². The molecule has 0 aromatic rings. The summed E-state index contributed by atoms with van der Waals surface area (Å²) >= 11 is 0. The van der Waals surface area contributed by atoms with Crippen molar-refractivity contribution in [3.8, 4) is 0 Å². The van der Waals surface area contributed by atoms with Crippen LogP contribution in [-0.4, -0.2) is 34.9 Å². The van der Waals surface area contributed by atoms with E-state index in [0.717, 1.165) is 64.2 Å². The average molecular weight is 640 g/mol. The maximum Gasteiger partial charge on any atom is 0.220 e. The minimum absolute atomic E-state index is 0.0914. The summed E-state index contributed by atoms with van der Waals surface area (Å²) in [6.07, 6.45) is 52.8. The van der Waals surface area contributed by atoms with Gasteiger partial charge in [-0.3, -0.25) is 4.79 Å². The van der Waals surface area contributed by atoms with Crippen molar-refractivity contribution < 1.29 is 15.0 Å². The lowest BCUT2D eigenvalue weighted by Gasteiger charge is -2.19. The minimum atomic E-state index is -0.874. The second-order valence-corrected chi connectivity index (χ2v) is 12.6. The van der Waals surface area contributed by atoms with Crippen molar-refractivity contribution in [1.82, 2.24) is 5.32 Å². The second-order valence-electron chi connectivity index (χ2n) is 12.6. The van der Waals surface area contributed by atoms with Crippen LogP contribution in [0, 0.1) is 0 Å². The van der Waals surface area contributed by atoms with Crippen molar-refractivity contribution in [2.45, 2.75) is 180 Å². The summed E-state index contributed by atoms with van der Waals surface area (Å²) in [6.45, 7) is 4.18. The van der Waals surface area contributed by atoms with E-state index in [-0.39, 0.29) is 12.5 Å². The Morgan fingerprint density at radius 1 is 0.522 bits per heavy atom. The summed E-state index contributed by atoms with van der Waals surface area (Å²) in [5, 5.41) is 22.8. The van der Waals surface area contributed by atoms with Crippen LogP contribution in [0.25, 0.3) is 0 Å². The molecular formula is C42H73NO3. The summed E-state index contributed by atoms with van der Waals surface area (Å²) in [4.78, 5) is 12.3. The van der Waals surface area contributed by atoms with Gasteiger partial charge in [0.1, 0.15) is 0 Å². The number of carbonyl (C=O) groups is 1. The Labute approximate surface area is 285 Å². The van der Waals surface area contributed by atoms with Gasteiger partial charge in [0.2, 0.25) is 5.91 Å². The fraction of sp³-hybridized carbons (Fsp3) is 0.690. The van der Waals surface area contributed by atoms with E-state index < -0.39 is 12.1 Å². The van der Waals surface area contributed by atoms with E-state index in [1.54, 1.807) is 6.08 Å². The molecule has 0 aromatic heterocycles. The van der Waals surface area contributed by atoms with Crippen LogP contribution >= 0.6 is 0 Å². The predicted molar refractivity (Wildman–Crippen MR) is 202 cm³/mol. The lowest BCUT2D eigenvalue weighted by Crippen LogP contribution is -2.45. The number of allylic oxidation sites excluding steroid dienone is 11. The van der Waals surface area contributed by atoms with Crippen LogP contribution in [0.4, 0.5) is 0 Å². The first-order valence-electron chi connectivity index (χ1n) is 19.2. The second kappa shape index (κ2) is 37.3. The zero-order valence-corrected chi connectivity index (χ0v) is 30.1. The molecule has 0 radical (unpaired) electrons. The molecule has 1 amide bonds. The summed E-state index contributed by atoms with van der Waals surface area (Å²) in [5.41, 5.74) is 0. The highest BCUT2D eigenvalue weighted by Gasteiger charge is 2.17. The summed E-state index contributed by atoms with van der Waals surface area (Å²) in [6, 6.07) is -0.650. The van der Waals surface area contributed by atoms with Gasteiger partial charge in [-0.1, -0.05) is 157 Å². The number of carbonyl (C=O) groups excluding carboxylic acids is 1. The normalized spacial score (nSPS) is 13.9. The van der Waals surface area contributed by atoms with Gasteiger partial charge >= 0.3 is 0 Å². The SMILES string of the molecule is CCC/C=C/CC/C=C/CC/C=C/C(O)C(CO)NC(=O)CCCCCCCCCC/C=C\C/C=C\C/C=C\CCCCCCC. The van der Waals surface area contributed by atoms with Gasteiger partial charge in [-0.2, -0.15) is 0 Å². The van der Waals surface area contributed by atoms with Crippen LogP contribution in [0.3, 0.4) is 0 Å². The lowest BCUT2D eigenvalue weighted by molar-refractivity contribution is -0.123. The summed E-state index contributed by atoms with van der Waals surface area (Å²) in [5.74, 6) is -0.0914. The van der Waals surface area contributed by atoms with Gasteiger partial charge in [0.15, 0.2) is 0 Å². The van der Waals surface area contributed by atoms with Gasteiger partial charge in [0.25, 0.3) is 0 Å². The highest BCUT2D eigenvalue weighted by atomic mass is 16.3. The Bertz CT molecular complexity index is 823. The molecule has 0 aliphatic carbocycles. The molecule has 4 nitrogen and oxygen atoms in total. The predicted octanol–water partition coefficient (Wildman–Crippen LogP) is 11.6. The molecule has 0 saturated heterocycles. The monoisotopic (exact) mass is 640 g/mol. The highest BCUT2D eigenvalue weighted by molar-refractivity contribution is 5.76. The van der Waals surface area contributed by atoms with Crippen LogP contribution in [0.1, 0.15) is 168 Å². The molecule has 0 aliphatic rings. The Kier molecular flexibility index (Phi) is 35.5. The molecule has 2 unspecified atom stereocenters. The molecule has 0 aliphatic heterocycles. The Balaban J connectivity index is 3.67. The molecule has 264 valence electrons. The third-order valence-electron chi connectivity index (χ3n) is 8.12. The third kappa shape index (κ3) is 33.2. The van der Waals surface area contributed by atoms with E-state index in [9.17, 15) is 15.0 Å². The maximum atomic E-state index is 12.3. The molecular weight excluding hydrogens is 566 g/mol. The molecule has 0 aromatic carbocycles. The van der Waals surface area contributed by atoms with Gasteiger partial charge in [-0.15, -0.1) is 0 Å². The fourth-order valence-electron chi connectivity index (χ4n) is 5.16. The van der Waals surface area contributed by atoms with E-state index in [4.69, 9.17) is 0 Å². The number of aliphatic hydroxyl groups excluding tert-OH is 2. The number of hydrogen-bond acceptors (Lipinski definition) is 3. The number of hydrogen-bond donors (Lipinski definition) is 3. The van der Waals surface area contributed by atoms with Gasteiger partial charge < -0.3 is 15.5 Å². The lowest BCUT2D eigenvalue weighted by atomic mass is 10.1. The van der Waals surface area contributed by atoms with Gasteiger partial charge in [-0.05, 0) is 77.0 Å². The number of nitrogens with one attached hydrogen (secondary N) is 1. The fourth-order valence-corrected chi connectivity index (χ4v) is 5.16. The van der Waals surface area contributed by atoms with E-state index in [0.29, 0.717) is 6.42 Å². The quantitative estimate of drug-likeness (QED) is 0.0494. The highest BCUT2D eigenvalue weighted by Crippen LogP contribution is 2.12. The molecule has 0 fully saturated rings. The molecule has 46 heavy (non-hydrogen) atoms. The summed E-state index contributed by atoms with van der Waals surface area (Å²) in [7, 11) is 0. The van der Waals surface area contributed by atoms with Crippen LogP contribution in [0.5, 0.6) is 0 Å². The molecule has 0 heterocycles. The first-order chi connectivity index (χ1) is 22.7. The molecule has 0 rings (SSSR count). The molecule has 3 N–H and O–H groups in total. The van der Waals surface area contributed by atoms with Gasteiger partial charge in [-0.25, -0.2) is 0 Å². The Hall–Kier alpha value is -2.17. The topological polar surface area (TPSA) is 69.6 Å². The van der Waals surface area contributed by atoms with E-state index in [2.05, 4.69) is 79.9 Å². The van der Waals surface area contributed by atoms with Crippen molar-refractivity contribution in [3.05, 3.63) is 72.9 Å². The smallest absolute Gasteiger partial charge is 0.220 e. The average Bonchev–Trinajstić information content (AvgIpc) is 3.06. The minimum Gasteiger partial charge on any atom is -0.394 e. The Morgan fingerprint density at radius 3 is 1.48 bits per heavy atom.